The van der Waals surface area contributed by atoms with Crippen LogP contribution in [0.5, 0.6) is 0 Å². The number of nitrogens with one attached hydrogen (secondary N) is 3. The number of carbonyl (C=O) groups excluding carboxylic acids is 1. The van der Waals surface area contributed by atoms with E-state index in [9.17, 15) is 19.8 Å². The third-order valence-corrected chi connectivity index (χ3v) is 2.52. The molecule has 0 aliphatic rings. The van der Waals surface area contributed by atoms with Gasteiger partial charge in [-0.2, -0.15) is 0 Å². The number of ether oxygens (including phenoxy) is 1. The Bertz CT molecular complexity index is 455. The maximum absolute atomic E-state index is 11.1. The summed E-state index contributed by atoms with van der Waals surface area (Å²) >= 11 is 0. The second-order valence-corrected chi connectivity index (χ2v) is 4.57. The van der Waals surface area contributed by atoms with Crippen molar-refractivity contribution in [3.05, 3.63) is 11.8 Å². The number of carbonyl (C=O) groups is 2. The number of hydrogen-bond donors (Lipinski definition) is 8. The van der Waals surface area contributed by atoms with Crippen LogP contribution in [-0.4, -0.2) is 76.3 Å². The standard InChI is InChI=1S/C12H22N4O7/c1-6(18)15-3-7(16-12(13)14)2-10(11(21)22)23-5-9(20)8(19)4-17/h2,7-9,17,19-20H,3-5H2,1H3,(H,15,18)(H,21,22)(H4,13,14,16)/b10-2-/t7-,8+,9-/m0/s1. The predicted octanol–water partition coefficient (Wildman–Crippen LogP) is -3.33. The lowest BCUT2D eigenvalue weighted by Crippen LogP contribution is -2.45. The first-order valence-corrected chi connectivity index (χ1v) is 6.57. The fourth-order valence-corrected chi connectivity index (χ4v) is 1.38. The molecule has 11 heteroatoms. The number of aliphatic hydroxyl groups is 3. The molecule has 0 heterocycles. The molecule has 1 amide bonds. The molecular weight excluding hydrogens is 312 g/mol. The molecule has 0 fully saturated rings. The van der Waals surface area contributed by atoms with Crippen LogP contribution in [0.3, 0.4) is 0 Å². The van der Waals surface area contributed by atoms with E-state index in [0.717, 1.165) is 6.08 Å². The molecule has 0 rings (SSSR count). The lowest BCUT2D eigenvalue weighted by molar-refractivity contribution is -0.138. The third kappa shape index (κ3) is 9.29. The summed E-state index contributed by atoms with van der Waals surface area (Å²) in [5.41, 5.74) is 5.17. The van der Waals surface area contributed by atoms with Crippen molar-refractivity contribution < 1.29 is 34.8 Å². The number of rotatable bonds is 10. The monoisotopic (exact) mass is 334 g/mol. The van der Waals surface area contributed by atoms with Crippen LogP contribution in [0, 0.1) is 5.41 Å². The molecule has 0 unspecified atom stereocenters. The summed E-state index contributed by atoms with van der Waals surface area (Å²) in [5, 5.41) is 48.3. The highest BCUT2D eigenvalue weighted by Gasteiger charge is 2.20. The first kappa shape index (κ1) is 20.6. The van der Waals surface area contributed by atoms with Crippen LogP contribution in [0.15, 0.2) is 11.8 Å². The van der Waals surface area contributed by atoms with Gasteiger partial charge in [0.15, 0.2) is 5.96 Å². The average Bonchev–Trinajstić information content (AvgIpc) is 2.46. The fraction of sp³-hybridized carbons (Fsp3) is 0.583. The van der Waals surface area contributed by atoms with Gasteiger partial charge < -0.3 is 41.5 Å². The van der Waals surface area contributed by atoms with Crippen molar-refractivity contribution in [2.45, 2.75) is 25.2 Å². The van der Waals surface area contributed by atoms with Crippen molar-refractivity contribution in [3.8, 4) is 0 Å². The number of amides is 1. The van der Waals surface area contributed by atoms with Crippen LogP contribution in [0.1, 0.15) is 6.92 Å². The Hall–Kier alpha value is -2.37. The molecule has 0 spiro atoms. The van der Waals surface area contributed by atoms with Crippen molar-refractivity contribution in [2.75, 3.05) is 19.8 Å². The largest absolute Gasteiger partial charge is 0.484 e. The Morgan fingerprint density at radius 3 is 2.39 bits per heavy atom. The summed E-state index contributed by atoms with van der Waals surface area (Å²) in [7, 11) is 0. The van der Waals surface area contributed by atoms with Crippen molar-refractivity contribution in [1.29, 1.82) is 5.41 Å². The maximum Gasteiger partial charge on any atom is 0.370 e. The molecule has 0 aromatic heterocycles. The molecule has 0 bridgehead atoms. The predicted molar refractivity (Wildman–Crippen MR) is 78.3 cm³/mol. The number of nitrogens with two attached hydrogens (primary N) is 1. The van der Waals surface area contributed by atoms with Crippen LogP contribution >= 0.6 is 0 Å². The zero-order chi connectivity index (χ0) is 18.0. The van der Waals surface area contributed by atoms with E-state index in [1.54, 1.807) is 0 Å². The molecule has 0 saturated carbocycles. The Kier molecular flexibility index (Phi) is 9.30. The van der Waals surface area contributed by atoms with E-state index >= 15 is 0 Å². The molecule has 132 valence electrons. The van der Waals surface area contributed by atoms with E-state index in [0.29, 0.717) is 0 Å². The minimum absolute atomic E-state index is 0.0587. The van der Waals surface area contributed by atoms with Crippen molar-refractivity contribution in [3.63, 3.8) is 0 Å². The average molecular weight is 334 g/mol. The van der Waals surface area contributed by atoms with Crippen LogP contribution < -0.4 is 16.4 Å². The maximum atomic E-state index is 11.1. The lowest BCUT2D eigenvalue weighted by Gasteiger charge is -2.19. The molecule has 9 N–H and O–H groups in total. The van der Waals surface area contributed by atoms with Crippen LogP contribution in [-0.2, 0) is 14.3 Å². The quantitative estimate of drug-likeness (QED) is 0.0871. The molecule has 0 aliphatic heterocycles. The van der Waals surface area contributed by atoms with E-state index in [-0.39, 0.29) is 12.5 Å². The van der Waals surface area contributed by atoms with Crippen LogP contribution in [0.2, 0.25) is 0 Å². The molecule has 0 aliphatic carbocycles. The topological polar surface area (TPSA) is 198 Å². The molecule has 0 saturated heterocycles. The van der Waals surface area contributed by atoms with Gasteiger partial charge in [0.1, 0.15) is 18.8 Å². The molecule has 0 aromatic carbocycles. The van der Waals surface area contributed by atoms with E-state index in [4.69, 9.17) is 26.1 Å². The van der Waals surface area contributed by atoms with Crippen LogP contribution in [0.4, 0.5) is 0 Å². The molecule has 0 aromatic rings. The van der Waals surface area contributed by atoms with Crippen molar-refractivity contribution in [2.24, 2.45) is 5.73 Å². The number of carboxylic acids is 1. The third-order valence-electron chi connectivity index (χ3n) is 2.52. The summed E-state index contributed by atoms with van der Waals surface area (Å²) in [6, 6.07) is -0.845. The molecule has 23 heavy (non-hydrogen) atoms. The van der Waals surface area contributed by atoms with Gasteiger partial charge in [-0.3, -0.25) is 10.2 Å². The van der Waals surface area contributed by atoms with Crippen molar-refractivity contribution in [1.82, 2.24) is 10.6 Å². The van der Waals surface area contributed by atoms with Crippen LogP contribution in [0.25, 0.3) is 0 Å². The minimum Gasteiger partial charge on any atom is -0.484 e. The highest BCUT2D eigenvalue weighted by atomic mass is 16.5. The van der Waals surface area contributed by atoms with Gasteiger partial charge in [0, 0.05) is 13.5 Å². The first-order valence-electron chi connectivity index (χ1n) is 6.57. The minimum atomic E-state index is -1.49. The van der Waals surface area contributed by atoms with Gasteiger partial charge in [-0.25, -0.2) is 4.79 Å². The highest BCUT2D eigenvalue weighted by molar-refractivity contribution is 5.84. The zero-order valence-electron chi connectivity index (χ0n) is 12.5. The summed E-state index contributed by atoms with van der Waals surface area (Å²) in [5.74, 6) is -2.86. The number of carboxylic acid groups (broad SMARTS) is 1. The van der Waals surface area contributed by atoms with Gasteiger partial charge in [-0.05, 0) is 6.08 Å². The molecular formula is C12H22N4O7. The number of aliphatic hydroxyl groups excluding tert-OH is 3. The Balaban J connectivity index is 4.95. The number of hydrogen-bond acceptors (Lipinski definition) is 7. The fourth-order valence-electron chi connectivity index (χ4n) is 1.38. The SMILES string of the molecule is CC(=O)NC[C@H](/C=C(\OC[C@H](O)[C@H](O)CO)C(=O)O)NC(=N)N. The van der Waals surface area contributed by atoms with Gasteiger partial charge in [0.05, 0.1) is 12.6 Å². The summed E-state index contributed by atoms with van der Waals surface area (Å²) in [6.07, 6.45) is -1.91. The van der Waals surface area contributed by atoms with Crippen molar-refractivity contribution >= 4 is 17.8 Å². The second kappa shape index (κ2) is 10.4. The molecule has 11 nitrogen and oxygen atoms in total. The zero-order valence-corrected chi connectivity index (χ0v) is 12.5. The van der Waals surface area contributed by atoms with E-state index in [1.807, 2.05) is 0 Å². The lowest BCUT2D eigenvalue weighted by atomic mass is 10.2. The normalized spacial score (nSPS) is 15.2. The highest BCUT2D eigenvalue weighted by Crippen LogP contribution is 2.04. The van der Waals surface area contributed by atoms with E-state index in [2.05, 4.69) is 10.6 Å². The molecule has 3 atom stereocenters. The van der Waals surface area contributed by atoms with Gasteiger partial charge in [0.25, 0.3) is 0 Å². The summed E-state index contributed by atoms with van der Waals surface area (Å²) < 4.78 is 4.88. The first-order chi connectivity index (χ1) is 10.7. The Labute approximate surface area is 132 Å². The Morgan fingerprint density at radius 1 is 1.35 bits per heavy atom. The van der Waals surface area contributed by atoms with Gasteiger partial charge in [0.2, 0.25) is 11.7 Å². The number of aliphatic carboxylic acids is 1. The van der Waals surface area contributed by atoms with Gasteiger partial charge >= 0.3 is 5.97 Å². The van der Waals surface area contributed by atoms with Gasteiger partial charge in [-0.15, -0.1) is 0 Å². The number of guanidine groups is 1. The smallest absolute Gasteiger partial charge is 0.370 e. The van der Waals surface area contributed by atoms with Gasteiger partial charge in [-0.1, -0.05) is 0 Å². The summed E-state index contributed by atoms with van der Waals surface area (Å²) in [6.45, 7) is -0.0901. The second-order valence-electron chi connectivity index (χ2n) is 4.57. The molecule has 0 radical (unpaired) electrons. The summed E-state index contributed by atoms with van der Waals surface area (Å²) in [4.78, 5) is 22.0. The van der Waals surface area contributed by atoms with E-state index < -0.39 is 49.2 Å². The Morgan fingerprint density at radius 2 is 1.96 bits per heavy atom. The van der Waals surface area contributed by atoms with E-state index in [1.165, 1.54) is 6.92 Å².